The lowest BCUT2D eigenvalue weighted by atomic mass is 9.69. The van der Waals surface area contributed by atoms with Crippen molar-refractivity contribution >= 4 is 32.3 Å². The largest absolute Gasteiger partial charge is 0.416 e. The molecule has 0 fully saturated rings. The van der Waals surface area contributed by atoms with E-state index in [0.717, 1.165) is 144 Å². The van der Waals surface area contributed by atoms with E-state index in [4.69, 9.17) is 54.8 Å². The van der Waals surface area contributed by atoms with Crippen molar-refractivity contribution in [1.29, 1.82) is 0 Å². The fourth-order valence-electron chi connectivity index (χ4n) is 20.2. The van der Waals surface area contributed by atoms with Gasteiger partial charge in [0.05, 0.1) is 28.1 Å². The van der Waals surface area contributed by atoms with E-state index in [-0.39, 0.29) is 0 Å². The minimum Gasteiger partial charge on any atom is -0.260 e. The van der Waals surface area contributed by atoms with Crippen molar-refractivity contribution in [2.45, 2.75) is 18.5 Å². The Kier molecular flexibility index (Phi) is 25.2. The molecule has 1 atom stereocenters. The zero-order valence-electron chi connectivity index (χ0n) is 81.2. The summed E-state index contributed by atoms with van der Waals surface area (Å²) in [5.74, 6) is 5.07. The smallest absolute Gasteiger partial charge is 0.260 e. The highest BCUT2D eigenvalue weighted by molar-refractivity contribution is 6.05. The Balaban J connectivity index is 0.000000122. The van der Waals surface area contributed by atoms with Gasteiger partial charge in [-0.1, -0.05) is 400 Å². The fourth-order valence-corrected chi connectivity index (χ4v) is 20.2. The third-order valence-corrected chi connectivity index (χ3v) is 27.4. The third kappa shape index (κ3) is 18.9. The molecule has 0 spiro atoms. The van der Waals surface area contributed by atoms with E-state index in [9.17, 15) is 13.2 Å². The summed E-state index contributed by atoms with van der Waals surface area (Å²) in [6, 6.07) is 170. The Morgan fingerprint density at radius 3 is 1.17 bits per heavy atom. The van der Waals surface area contributed by atoms with Crippen molar-refractivity contribution in [1.82, 2.24) is 59.8 Å². The van der Waals surface area contributed by atoms with E-state index in [1.54, 1.807) is 13.0 Å². The number of pyridine rings is 3. The summed E-state index contributed by atoms with van der Waals surface area (Å²) in [6.07, 6.45) is 1.08. The highest BCUT2D eigenvalue weighted by atomic mass is 19.4. The van der Waals surface area contributed by atoms with Gasteiger partial charge >= 0.3 is 6.18 Å². The summed E-state index contributed by atoms with van der Waals surface area (Å²) in [4.78, 5) is 60.1. The Hall–Kier alpha value is -19.8. The highest BCUT2D eigenvalue weighted by Gasteiger charge is 2.47. The maximum absolute atomic E-state index is 13.9. The van der Waals surface area contributed by atoms with Gasteiger partial charge in [-0.25, -0.2) is 44.9 Å². The molecule has 0 saturated heterocycles. The van der Waals surface area contributed by atoms with Crippen molar-refractivity contribution in [3.05, 3.63) is 556 Å². The lowest BCUT2D eigenvalue weighted by Gasteiger charge is -2.32. The topological polar surface area (TPSA) is 155 Å². The first-order valence-electron chi connectivity index (χ1n) is 49.6. The second-order valence-corrected chi connectivity index (χ2v) is 37.0. The molecule has 0 aliphatic heterocycles. The zero-order valence-corrected chi connectivity index (χ0v) is 81.2. The molecular formula is C135H89F3N12. The van der Waals surface area contributed by atoms with Gasteiger partial charge in [0.1, 0.15) is 0 Å². The van der Waals surface area contributed by atoms with Crippen LogP contribution in [0.15, 0.2) is 522 Å². The minimum atomic E-state index is -4.48. The average Bonchev–Trinajstić information content (AvgIpc) is 1.53. The van der Waals surface area contributed by atoms with E-state index >= 15 is 0 Å². The van der Waals surface area contributed by atoms with Crippen molar-refractivity contribution in [2.24, 2.45) is 0 Å². The minimum absolute atomic E-state index is 0.415. The summed E-state index contributed by atoms with van der Waals surface area (Å²) < 4.78 is 41.8. The van der Waals surface area contributed by atoms with Gasteiger partial charge < -0.3 is 0 Å². The zero-order chi connectivity index (χ0) is 101. The number of halogens is 3. The number of hydrogen-bond acceptors (Lipinski definition) is 12. The lowest BCUT2D eigenvalue weighted by Crippen LogP contribution is -2.29. The van der Waals surface area contributed by atoms with Crippen LogP contribution in [0.1, 0.15) is 33.5 Å². The van der Waals surface area contributed by atoms with Crippen LogP contribution in [0, 0.1) is 6.92 Å². The number of fused-ring (bicyclic) bond motifs is 6. The molecule has 12 nitrogen and oxygen atoms in total. The Morgan fingerprint density at radius 2 is 0.573 bits per heavy atom. The summed E-state index contributed by atoms with van der Waals surface area (Å²) in [5, 5.41) is 6.77. The van der Waals surface area contributed by atoms with Crippen molar-refractivity contribution in [2.75, 3.05) is 0 Å². The molecule has 1 aliphatic carbocycles. The summed E-state index contributed by atoms with van der Waals surface area (Å²) >= 11 is 0. The predicted molar refractivity (Wildman–Crippen MR) is 599 cm³/mol. The number of rotatable bonds is 18. The van der Waals surface area contributed by atoms with Crippen LogP contribution in [0.25, 0.3) is 224 Å². The normalized spacial score (nSPS) is 12.4. The third-order valence-electron chi connectivity index (χ3n) is 27.4. The fraction of sp³-hybridized carbons (Fsp3) is 0.0222. The van der Waals surface area contributed by atoms with Crippen LogP contribution in [0.5, 0.6) is 0 Å². The van der Waals surface area contributed by atoms with E-state index in [1.807, 2.05) is 231 Å². The number of hydrogen-bond donors (Lipinski definition) is 0. The molecule has 0 saturated carbocycles. The summed E-state index contributed by atoms with van der Waals surface area (Å²) in [6.45, 7) is 1.68. The van der Waals surface area contributed by atoms with Gasteiger partial charge in [0.2, 0.25) is 0 Å². The number of nitrogens with zero attached hydrogens (tertiary/aromatic N) is 12. The maximum atomic E-state index is 13.9. The van der Waals surface area contributed by atoms with Gasteiger partial charge in [-0.05, 0) is 226 Å². The van der Waals surface area contributed by atoms with Crippen molar-refractivity contribution in [3.63, 3.8) is 0 Å². The van der Waals surface area contributed by atoms with Crippen molar-refractivity contribution < 1.29 is 13.2 Å². The van der Waals surface area contributed by atoms with Gasteiger partial charge in [0, 0.05) is 85.2 Å². The first kappa shape index (κ1) is 92.6. The molecule has 710 valence electrons. The molecule has 19 aromatic carbocycles. The van der Waals surface area contributed by atoms with Gasteiger partial charge in [-0.2, -0.15) is 13.2 Å². The number of alkyl halides is 3. The van der Waals surface area contributed by atoms with Crippen LogP contribution in [0.3, 0.4) is 0 Å². The molecule has 1 unspecified atom stereocenters. The van der Waals surface area contributed by atoms with Crippen LogP contribution < -0.4 is 0 Å². The van der Waals surface area contributed by atoms with Gasteiger partial charge in [-0.3, -0.25) is 15.0 Å². The number of aromatic nitrogens is 12. The summed E-state index contributed by atoms with van der Waals surface area (Å²) in [5.41, 5.74) is 27.1. The second-order valence-electron chi connectivity index (χ2n) is 37.0. The molecule has 25 aromatic rings. The molecule has 6 heterocycles. The van der Waals surface area contributed by atoms with Crippen LogP contribution in [0.2, 0.25) is 0 Å². The van der Waals surface area contributed by atoms with E-state index in [1.165, 1.54) is 45.3 Å². The molecular weight excluding hydrogens is 1850 g/mol. The molecule has 0 bridgehead atoms. The molecule has 150 heavy (non-hydrogen) atoms. The molecule has 26 rings (SSSR count). The Bertz CT molecular complexity index is 9180. The second kappa shape index (κ2) is 40.8. The Labute approximate surface area is 865 Å². The quantitative estimate of drug-likeness (QED) is 0.0803. The van der Waals surface area contributed by atoms with E-state index in [0.29, 0.717) is 74.7 Å². The summed E-state index contributed by atoms with van der Waals surface area (Å²) in [7, 11) is 0. The van der Waals surface area contributed by atoms with Crippen molar-refractivity contribution in [3.8, 4) is 192 Å². The maximum Gasteiger partial charge on any atom is 0.416 e. The first-order chi connectivity index (χ1) is 73.8. The van der Waals surface area contributed by atoms with Crippen LogP contribution in [0.4, 0.5) is 13.2 Å². The van der Waals surface area contributed by atoms with Gasteiger partial charge in [0.15, 0.2) is 52.4 Å². The van der Waals surface area contributed by atoms with Gasteiger partial charge in [-0.15, -0.1) is 0 Å². The first-order valence-corrected chi connectivity index (χ1v) is 49.6. The Morgan fingerprint density at radius 1 is 0.193 bits per heavy atom. The monoisotopic (exact) mass is 1930 g/mol. The number of aryl methyl sites for hydroxylation is 1. The SMILES string of the molecule is Cc1cc(-c2cc(-c3ccccc3)cc(-c3nc(-c4ccccc4)nc(-c4cccc(-c5ccc6ccccc6c5)c4)n3)c2)cc(C(F)(F)F)c1.c1ccc(-c2ccc(-c3nc(-c4ccc5c(c4)C(c4ccccc4)(c4ccccn4)c4ccccc4-5)nc(-c4ccc(-c5ccccc5)c5ccccc45)n3)cc2)cc1.c1ccc(-c2nc(-c3ccccc3)nc(-c3cc(-c4ccccn4)cc(-c4nccc5ccccc45)c3)n2)cc1. The molecule has 15 heteroatoms. The average molecular weight is 1940 g/mol. The number of benzene rings is 19. The van der Waals surface area contributed by atoms with Crippen LogP contribution >= 0.6 is 0 Å². The highest BCUT2D eigenvalue weighted by Crippen LogP contribution is 2.57. The van der Waals surface area contributed by atoms with Crippen LogP contribution in [-0.4, -0.2) is 59.8 Å². The van der Waals surface area contributed by atoms with E-state index in [2.05, 4.69) is 278 Å². The lowest BCUT2D eigenvalue weighted by molar-refractivity contribution is -0.137. The molecule has 1 aliphatic rings. The standard InChI is InChI=1S/C55H36N4.C45H30F3N3.C35H23N5/c1-4-16-37(17-5-1)38-27-29-40(30-28-38)52-57-53(59-54(58-52)48-34-33-43(39-18-6-2-7-19-39)44-22-10-11-23-45(44)48)41-31-32-47-46-24-12-13-25-49(46)55(50(47)36-41,42-20-8-3-9-21-42)51-26-14-15-35-56-51;1-29-21-37(28-41(22-29)45(46,47)48)39-25-38(30-11-4-2-5-12-30)26-40(27-39)44-50-42(32-14-6-3-7-15-32)49-43(51-44)36-18-10-17-34(24-36)35-20-19-31-13-8-9-16-33(31)23-35;1-3-12-25(13-4-1)33-38-34(26-14-5-2-6-15-26)40-35(39-33)29-22-27(31-17-9-10-19-36-31)21-28(23-29)32-30-16-8-7-11-24(30)18-20-37-32/h1-36H;2-28H,1H3;1-23H. The van der Waals surface area contributed by atoms with Crippen LogP contribution in [-0.2, 0) is 11.6 Å². The molecule has 6 aromatic heterocycles. The van der Waals surface area contributed by atoms with Gasteiger partial charge in [0.25, 0.3) is 0 Å². The molecule has 0 N–H and O–H groups in total. The molecule has 0 amide bonds. The predicted octanol–water partition coefficient (Wildman–Crippen LogP) is 33.6. The molecule has 0 radical (unpaired) electrons. The van der Waals surface area contributed by atoms with E-state index < -0.39 is 17.2 Å².